The van der Waals surface area contributed by atoms with Crippen molar-refractivity contribution < 1.29 is 9.53 Å². The molecule has 2 aromatic carbocycles. The molecule has 4 rings (SSSR count). The summed E-state index contributed by atoms with van der Waals surface area (Å²) in [5.41, 5.74) is 3.82. The molecule has 0 fully saturated rings. The summed E-state index contributed by atoms with van der Waals surface area (Å²) in [5, 5.41) is 0. The van der Waals surface area contributed by atoms with Crippen LogP contribution in [0.1, 0.15) is 31.0 Å². The van der Waals surface area contributed by atoms with Gasteiger partial charge >= 0.3 is 0 Å². The first-order valence-electron chi connectivity index (χ1n) is 10.2. The van der Waals surface area contributed by atoms with Gasteiger partial charge in [-0.3, -0.25) is 14.2 Å². The highest BCUT2D eigenvalue weighted by Crippen LogP contribution is 2.31. The number of benzene rings is 2. The van der Waals surface area contributed by atoms with E-state index in [1.807, 2.05) is 80.5 Å². The van der Waals surface area contributed by atoms with Crippen LogP contribution >= 0.6 is 11.3 Å². The van der Waals surface area contributed by atoms with Gasteiger partial charge in [0, 0.05) is 31.1 Å². The molecule has 0 radical (unpaired) electrons. The molecule has 2 heterocycles. The Bertz CT molecular complexity index is 1400. The molecule has 1 aliphatic rings. The Labute approximate surface area is 190 Å². The monoisotopic (exact) mass is 447 g/mol. The van der Waals surface area contributed by atoms with E-state index in [4.69, 9.17) is 4.74 Å². The van der Waals surface area contributed by atoms with Gasteiger partial charge in [0.2, 0.25) is 0 Å². The first-order chi connectivity index (χ1) is 15.3. The summed E-state index contributed by atoms with van der Waals surface area (Å²) in [4.78, 5) is 33.3. The first-order valence-corrected chi connectivity index (χ1v) is 11.1. The first kappa shape index (κ1) is 21.8. The second-order valence-corrected chi connectivity index (χ2v) is 8.91. The Morgan fingerprint density at radius 2 is 1.91 bits per heavy atom. The maximum Gasteiger partial charge on any atom is 0.271 e. The molecule has 0 bridgehead atoms. The van der Waals surface area contributed by atoms with E-state index in [1.54, 1.807) is 11.7 Å². The van der Waals surface area contributed by atoms with Crippen molar-refractivity contribution in [3.8, 4) is 5.75 Å². The summed E-state index contributed by atoms with van der Waals surface area (Å²) >= 11 is 1.33. The van der Waals surface area contributed by atoms with Gasteiger partial charge < -0.3 is 9.64 Å². The van der Waals surface area contributed by atoms with Crippen molar-refractivity contribution in [2.75, 3.05) is 26.1 Å². The Balaban J connectivity index is 1.92. The van der Waals surface area contributed by atoms with Crippen molar-refractivity contribution in [2.45, 2.75) is 19.9 Å². The van der Waals surface area contributed by atoms with Crippen LogP contribution in [0.2, 0.25) is 0 Å². The average Bonchev–Trinajstić information content (AvgIpc) is 3.07. The maximum absolute atomic E-state index is 13.5. The number of thiazole rings is 1. The summed E-state index contributed by atoms with van der Waals surface area (Å²) in [6.07, 6.45) is 1.84. The molecule has 0 saturated carbocycles. The van der Waals surface area contributed by atoms with Crippen molar-refractivity contribution >= 4 is 28.9 Å². The number of fused-ring (bicyclic) bond motifs is 1. The van der Waals surface area contributed by atoms with Gasteiger partial charge in [0.05, 0.1) is 17.7 Å². The molecule has 0 spiro atoms. The molecule has 32 heavy (non-hydrogen) atoms. The quantitative estimate of drug-likeness (QED) is 0.603. The fourth-order valence-corrected chi connectivity index (χ4v) is 4.97. The molecule has 1 atom stereocenters. The number of allylic oxidation sites excluding steroid dienone is 2. The average molecular weight is 448 g/mol. The van der Waals surface area contributed by atoms with E-state index in [0.29, 0.717) is 20.6 Å². The minimum Gasteiger partial charge on any atom is -0.497 e. The molecule has 164 valence electrons. The van der Waals surface area contributed by atoms with Gasteiger partial charge in [0.1, 0.15) is 5.75 Å². The van der Waals surface area contributed by atoms with Gasteiger partial charge in [-0.15, -0.1) is 0 Å². The van der Waals surface area contributed by atoms with Crippen LogP contribution in [0.25, 0.3) is 6.08 Å². The zero-order chi connectivity index (χ0) is 23.0. The topological polar surface area (TPSA) is 63.9 Å². The molecule has 6 nitrogen and oxygen atoms in total. The Hall–Kier alpha value is -3.45. The van der Waals surface area contributed by atoms with Crippen molar-refractivity contribution in [1.29, 1.82) is 0 Å². The van der Waals surface area contributed by atoms with E-state index in [1.165, 1.54) is 18.3 Å². The summed E-state index contributed by atoms with van der Waals surface area (Å²) in [6.45, 7) is 3.36. The fourth-order valence-electron chi connectivity index (χ4n) is 3.92. The largest absolute Gasteiger partial charge is 0.497 e. The number of ketones is 1. The summed E-state index contributed by atoms with van der Waals surface area (Å²) in [7, 11) is 5.56. The van der Waals surface area contributed by atoms with Crippen LogP contribution < -0.4 is 24.5 Å². The molecule has 1 aliphatic heterocycles. The van der Waals surface area contributed by atoms with Crippen molar-refractivity contribution in [3.05, 3.63) is 90.6 Å². The molecule has 7 heteroatoms. The number of carbonyl (C=O) groups is 1. The maximum atomic E-state index is 13.5. The smallest absolute Gasteiger partial charge is 0.271 e. The zero-order valence-electron chi connectivity index (χ0n) is 18.7. The number of Topliss-reactive ketones (excluding diaryl/α,β-unsaturated/α-hetero) is 1. The number of anilines is 1. The van der Waals surface area contributed by atoms with Crippen LogP contribution in [0.5, 0.6) is 5.75 Å². The van der Waals surface area contributed by atoms with Gasteiger partial charge in [-0.05, 0) is 55.3 Å². The highest BCUT2D eigenvalue weighted by Gasteiger charge is 2.30. The van der Waals surface area contributed by atoms with Crippen LogP contribution in [-0.4, -0.2) is 31.6 Å². The van der Waals surface area contributed by atoms with E-state index in [9.17, 15) is 9.59 Å². The van der Waals surface area contributed by atoms with E-state index >= 15 is 0 Å². The zero-order valence-corrected chi connectivity index (χ0v) is 19.6. The van der Waals surface area contributed by atoms with E-state index in [0.717, 1.165) is 22.6 Å². The van der Waals surface area contributed by atoms with Gasteiger partial charge in [-0.25, -0.2) is 4.99 Å². The molecule has 0 aliphatic carbocycles. The van der Waals surface area contributed by atoms with E-state index in [2.05, 4.69) is 4.99 Å². The number of aromatic nitrogens is 1. The minimum atomic E-state index is -0.507. The van der Waals surface area contributed by atoms with Gasteiger partial charge in [-0.2, -0.15) is 0 Å². The lowest BCUT2D eigenvalue weighted by Gasteiger charge is -2.25. The van der Waals surface area contributed by atoms with Crippen molar-refractivity contribution in [1.82, 2.24) is 4.57 Å². The fraction of sp³-hybridized carbons (Fsp3) is 0.240. The third-order valence-electron chi connectivity index (χ3n) is 5.52. The lowest BCUT2D eigenvalue weighted by molar-refractivity contribution is -0.114. The van der Waals surface area contributed by atoms with Crippen LogP contribution in [0, 0.1) is 0 Å². The molecular weight excluding hydrogens is 422 g/mol. The summed E-state index contributed by atoms with van der Waals surface area (Å²) in [6, 6.07) is 15.0. The number of methoxy groups -OCH3 is 1. The summed E-state index contributed by atoms with van der Waals surface area (Å²) < 4.78 is 7.50. The number of hydrogen-bond acceptors (Lipinski definition) is 6. The number of hydrogen-bond donors (Lipinski definition) is 0. The number of carbonyl (C=O) groups excluding carboxylic acids is 1. The molecule has 1 aromatic heterocycles. The number of rotatable bonds is 5. The highest BCUT2D eigenvalue weighted by atomic mass is 32.1. The molecule has 0 unspecified atom stereocenters. The predicted octanol–water partition coefficient (Wildman–Crippen LogP) is 2.90. The van der Waals surface area contributed by atoms with Crippen LogP contribution in [-0.2, 0) is 4.79 Å². The van der Waals surface area contributed by atoms with Crippen molar-refractivity contribution in [2.24, 2.45) is 4.99 Å². The number of nitrogens with zero attached hydrogens (tertiary/aromatic N) is 3. The summed E-state index contributed by atoms with van der Waals surface area (Å²) in [5.74, 6) is 0.634. The molecule has 0 saturated heterocycles. The third kappa shape index (κ3) is 3.91. The second-order valence-electron chi connectivity index (χ2n) is 7.90. The molecular formula is C25H25N3O3S. The molecule has 0 amide bonds. The SMILES string of the molecule is COc1cccc(/C=c2/sc3n(c2=O)[C@@H](c2ccc(N(C)C)cc2)C(C(C)=O)=C(C)N=3)c1. The van der Waals surface area contributed by atoms with E-state index < -0.39 is 6.04 Å². The standard InChI is InChI=1S/C25H25N3O3S/c1-15-22(16(2)29)23(18-9-11-19(12-10-18)27(3)4)28-24(30)21(32-25(28)26-15)14-17-7-6-8-20(13-17)31-5/h6-14,23H,1-5H3/b21-14+/t23-/m0/s1. The Kier molecular flexibility index (Phi) is 5.84. The van der Waals surface area contributed by atoms with Crippen LogP contribution in [0.4, 0.5) is 5.69 Å². The van der Waals surface area contributed by atoms with Crippen molar-refractivity contribution in [3.63, 3.8) is 0 Å². The predicted molar refractivity (Wildman–Crippen MR) is 128 cm³/mol. The van der Waals surface area contributed by atoms with Crippen LogP contribution in [0.3, 0.4) is 0 Å². The minimum absolute atomic E-state index is 0.0880. The van der Waals surface area contributed by atoms with E-state index in [-0.39, 0.29) is 11.3 Å². The van der Waals surface area contributed by atoms with Crippen LogP contribution in [0.15, 0.2) is 69.6 Å². The lowest BCUT2D eigenvalue weighted by Crippen LogP contribution is -2.39. The Morgan fingerprint density at radius 3 is 2.53 bits per heavy atom. The second kappa shape index (κ2) is 8.59. The van der Waals surface area contributed by atoms with Gasteiger partial charge in [0.15, 0.2) is 10.6 Å². The normalized spacial score (nSPS) is 15.9. The molecule has 0 N–H and O–H groups in total. The lowest BCUT2D eigenvalue weighted by atomic mass is 9.93. The highest BCUT2D eigenvalue weighted by molar-refractivity contribution is 7.07. The third-order valence-corrected chi connectivity index (χ3v) is 6.50. The van der Waals surface area contributed by atoms with Gasteiger partial charge in [0.25, 0.3) is 5.56 Å². The molecule has 3 aromatic rings. The van der Waals surface area contributed by atoms with Gasteiger partial charge in [-0.1, -0.05) is 35.6 Å². The number of ether oxygens (including phenoxy) is 1. The Morgan fingerprint density at radius 1 is 1.19 bits per heavy atom.